The van der Waals surface area contributed by atoms with Crippen molar-refractivity contribution in [1.82, 2.24) is 23.8 Å². The molecule has 14 heteroatoms. The SMILES string of the molecule is C[C@@]1(O)CCC[C@H]1n1c(=O)c(OC(F)F)cc2cnc(NC3CCN(S(=O)(=O)c4cccnc4)CC3)nc21. The third-order valence-electron chi connectivity index (χ3n) is 7.21. The number of aromatic nitrogens is 4. The van der Waals surface area contributed by atoms with Gasteiger partial charge in [0.05, 0.1) is 11.6 Å². The quantitative estimate of drug-likeness (QED) is 0.454. The van der Waals surface area contributed by atoms with Gasteiger partial charge in [-0.15, -0.1) is 0 Å². The van der Waals surface area contributed by atoms with Gasteiger partial charge < -0.3 is 15.2 Å². The molecule has 0 aromatic carbocycles. The van der Waals surface area contributed by atoms with Crippen LogP contribution in [0, 0.1) is 0 Å². The van der Waals surface area contributed by atoms with E-state index in [-0.39, 0.29) is 35.6 Å². The summed E-state index contributed by atoms with van der Waals surface area (Å²) in [5.41, 5.74) is -1.84. The highest BCUT2D eigenvalue weighted by molar-refractivity contribution is 7.89. The van der Waals surface area contributed by atoms with E-state index in [1.54, 1.807) is 13.0 Å². The Hall–Kier alpha value is -3.23. The van der Waals surface area contributed by atoms with Crippen LogP contribution in [0.1, 0.15) is 45.1 Å². The number of alkyl halides is 2. The minimum absolute atomic E-state index is 0.135. The van der Waals surface area contributed by atoms with Crippen molar-refractivity contribution < 1.29 is 27.0 Å². The van der Waals surface area contributed by atoms with E-state index in [4.69, 9.17) is 0 Å². The number of ether oxygens (including phenoxy) is 1. The summed E-state index contributed by atoms with van der Waals surface area (Å²) >= 11 is 0. The van der Waals surface area contributed by atoms with Gasteiger partial charge in [-0.25, -0.2) is 13.4 Å². The lowest BCUT2D eigenvalue weighted by Crippen LogP contribution is -2.42. The molecule has 0 radical (unpaired) electrons. The van der Waals surface area contributed by atoms with Crippen LogP contribution in [0.25, 0.3) is 11.0 Å². The van der Waals surface area contributed by atoms with Crippen molar-refractivity contribution in [3.05, 3.63) is 47.1 Å². The molecule has 3 aromatic rings. The fourth-order valence-corrected chi connectivity index (χ4v) is 6.68. The first-order valence-electron chi connectivity index (χ1n) is 12.3. The Morgan fingerprint density at radius 3 is 2.63 bits per heavy atom. The summed E-state index contributed by atoms with van der Waals surface area (Å²) in [7, 11) is -3.65. The van der Waals surface area contributed by atoms with E-state index in [2.05, 4.69) is 25.0 Å². The average Bonchev–Trinajstić information content (AvgIpc) is 3.23. The molecule has 0 unspecified atom stereocenters. The summed E-state index contributed by atoms with van der Waals surface area (Å²) in [4.78, 5) is 26.0. The van der Waals surface area contributed by atoms with Gasteiger partial charge in [-0.05, 0) is 57.2 Å². The maximum Gasteiger partial charge on any atom is 0.387 e. The number of fused-ring (bicyclic) bond motifs is 1. The predicted octanol–water partition coefficient (Wildman–Crippen LogP) is 2.53. The monoisotopic (exact) mass is 550 g/mol. The molecule has 38 heavy (non-hydrogen) atoms. The van der Waals surface area contributed by atoms with Crippen LogP contribution >= 0.6 is 0 Å². The molecule has 2 N–H and O–H groups in total. The summed E-state index contributed by atoms with van der Waals surface area (Å²) in [6.07, 6.45) is 6.80. The highest BCUT2D eigenvalue weighted by atomic mass is 32.2. The third kappa shape index (κ3) is 5.07. The van der Waals surface area contributed by atoms with Gasteiger partial charge in [0.15, 0.2) is 5.75 Å². The number of pyridine rings is 2. The number of anilines is 1. The van der Waals surface area contributed by atoms with Gasteiger partial charge >= 0.3 is 6.61 Å². The molecule has 1 saturated heterocycles. The molecule has 11 nitrogen and oxygen atoms in total. The fraction of sp³-hybridized carbons (Fsp3) is 0.500. The van der Waals surface area contributed by atoms with Crippen molar-refractivity contribution in [1.29, 1.82) is 0 Å². The molecule has 204 valence electrons. The molecule has 0 spiro atoms. The summed E-state index contributed by atoms with van der Waals surface area (Å²) in [6, 6.07) is 3.45. The lowest BCUT2D eigenvalue weighted by atomic mass is 10.00. The third-order valence-corrected chi connectivity index (χ3v) is 9.09. The smallest absolute Gasteiger partial charge is 0.387 e. The summed E-state index contributed by atoms with van der Waals surface area (Å²) in [5.74, 6) is -0.332. The Labute approximate surface area is 217 Å². The van der Waals surface area contributed by atoms with Gasteiger partial charge in [0, 0.05) is 43.1 Å². The van der Waals surface area contributed by atoms with E-state index in [0.717, 1.165) is 0 Å². The lowest BCUT2D eigenvalue weighted by Gasteiger charge is -2.31. The molecular weight excluding hydrogens is 522 g/mol. The van der Waals surface area contributed by atoms with Crippen LogP contribution in [0.5, 0.6) is 5.75 Å². The van der Waals surface area contributed by atoms with Crippen LogP contribution in [0.2, 0.25) is 0 Å². The van der Waals surface area contributed by atoms with Crippen molar-refractivity contribution >= 4 is 27.0 Å². The van der Waals surface area contributed by atoms with Gasteiger partial charge in [-0.1, -0.05) is 0 Å². The van der Waals surface area contributed by atoms with Crippen molar-refractivity contribution in [2.75, 3.05) is 18.4 Å². The molecule has 0 bridgehead atoms. The number of aliphatic hydroxyl groups is 1. The molecule has 5 rings (SSSR count). The van der Waals surface area contributed by atoms with E-state index in [1.807, 2.05) is 0 Å². The number of sulfonamides is 1. The van der Waals surface area contributed by atoms with Gasteiger partial charge in [0.1, 0.15) is 10.5 Å². The molecule has 2 fully saturated rings. The zero-order valence-corrected chi connectivity index (χ0v) is 21.4. The summed E-state index contributed by atoms with van der Waals surface area (Å²) in [5, 5.41) is 14.4. The molecule has 1 aliphatic carbocycles. The molecule has 2 aliphatic rings. The van der Waals surface area contributed by atoms with E-state index in [1.165, 1.54) is 39.6 Å². The maximum absolute atomic E-state index is 13.2. The van der Waals surface area contributed by atoms with Crippen LogP contribution < -0.4 is 15.6 Å². The second kappa shape index (κ2) is 10.2. The van der Waals surface area contributed by atoms with Crippen molar-refractivity contribution in [3.63, 3.8) is 0 Å². The van der Waals surface area contributed by atoms with Crippen LogP contribution in [-0.4, -0.2) is 68.7 Å². The molecule has 2 atom stereocenters. The van der Waals surface area contributed by atoms with E-state index >= 15 is 0 Å². The zero-order valence-electron chi connectivity index (χ0n) is 20.6. The van der Waals surface area contributed by atoms with Gasteiger partial charge in [0.25, 0.3) is 5.56 Å². The Morgan fingerprint density at radius 2 is 2.00 bits per heavy atom. The first kappa shape index (κ1) is 26.4. The van der Waals surface area contributed by atoms with Gasteiger partial charge in [-0.2, -0.15) is 18.1 Å². The number of hydrogen-bond donors (Lipinski definition) is 2. The topological polar surface area (TPSA) is 140 Å². The van der Waals surface area contributed by atoms with Crippen LogP contribution in [0.3, 0.4) is 0 Å². The number of nitrogens with one attached hydrogen (secondary N) is 1. The minimum Gasteiger partial charge on any atom is -0.429 e. The second-order valence-corrected chi connectivity index (χ2v) is 11.7. The van der Waals surface area contributed by atoms with E-state index in [0.29, 0.717) is 37.5 Å². The van der Waals surface area contributed by atoms with Crippen molar-refractivity contribution in [2.45, 2.75) is 68.2 Å². The summed E-state index contributed by atoms with van der Waals surface area (Å²) in [6.45, 7) is -1.01. The Kier molecular flexibility index (Phi) is 7.05. The zero-order chi connectivity index (χ0) is 27.1. The molecule has 3 aromatic heterocycles. The lowest BCUT2D eigenvalue weighted by molar-refractivity contribution is -0.0513. The Bertz CT molecular complexity index is 1480. The molecular formula is C24H28F2N6O5S. The number of nitrogens with zero attached hydrogens (tertiary/aromatic N) is 5. The highest BCUT2D eigenvalue weighted by Gasteiger charge is 2.40. The van der Waals surface area contributed by atoms with Crippen molar-refractivity contribution in [3.8, 4) is 5.75 Å². The van der Waals surface area contributed by atoms with Crippen LogP contribution in [0.15, 0.2) is 46.5 Å². The first-order chi connectivity index (χ1) is 18.1. The highest BCUT2D eigenvalue weighted by Crippen LogP contribution is 2.40. The first-order valence-corrected chi connectivity index (χ1v) is 13.8. The number of piperidine rings is 1. The summed E-state index contributed by atoms with van der Waals surface area (Å²) < 4.78 is 58.8. The van der Waals surface area contributed by atoms with E-state index in [9.17, 15) is 27.1 Å². The number of rotatable bonds is 7. The number of halogens is 2. The molecule has 1 saturated carbocycles. The minimum atomic E-state index is -3.65. The maximum atomic E-state index is 13.2. The van der Waals surface area contributed by atoms with Gasteiger partial charge in [-0.3, -0.25) is 14.3 Å². The fourth-order valence-electron chi connectivity index (χ4n) is 5.24. The number of hydrogen-bond acceptors (Lipinski definition) is 9. The van der Waals surface area contributed by atoms with Crippen molar-refractivity contribution in [2.24, 2.45) is 0 Å². The largest absolute Gasteiger partial charge is 0.429 e. The normalized spacial score (nSPS) is 23.2. The second-order valence-electron chi connectivity index (χ2n) is 9.81. The van der Waals surface area contributed by atoms with Crippen LogP contribution in [0.4, 0.5) is 14.7 Å². The average molecular weight is 551 g/mol. The van der Waals surface area contributed by atoms with Crippen LogP contribution in [-0.2, 0) is 10.0 Å². The Balaban J connectivity index is 1.40. The molecule has 1 aliphatic heterocycles. The van der Waals surface area contributed by atoms with E-state index < -0.39 is 39.6 Å². The molecule has 4 heterocycles. The standard InChI is InChI=1S/C24H28F2N6O5S/c1-24(34)8-2-5-19(24)32-20-15(12-18(21(32)33)37-22(25)26)13-28-23(30-20)29-16-6-10-31(11-7-16)38(35,36)17-4-3-9-27-14-17/h3-4,9,12-14,16,19,22,34H,2,5-8,10-11H2,1H3,(H,28,29,30)/t19-,24-/m1/s1. The molecule has 0 amide bonds. The van der Waals surface area contributed by atoms with Gasteiger partial charge in [0.2, 0.25) is 16.0 Å². The Morgan fingerprint density at radius 1 is 1.24 bits per heavy atom. The predicted molar refractivity (Wildman–Crippen MR) is 134 cm³/mol.